The summed E-state index contributed by atoms with van der Waals surface area (Å²) in [6, 6.07) is -1.95. The zero-order chi connectivity index (χ0) is 21.0. The molecule has 0 aliphatic carbocycles. The summed E-state index contributed by atoms with van der Waals surface area (Å²) in [6.45, 7) is 7.12. The van der Waals surface area contributed by atoms with Gasteiger partial charge >= 0.3 is 11.9 Å². The van der Waals surface area contributed by atoms with Gasteiger partial charge in [-0.15, -0.1) is 11.8 Å². The number of oxime groups is 1. The normalized spacial score (nSPS) is 26.1. The number of amides is 1. The summed E-state index contributed by atoms with van der Waals surface area (Å²) in [7, 11) is 1.29. The van der Waals surface area contributed by atoms with E-state index in [0.29, 0.717) is 11.3 Å². The maximum absolute atomic E-state index is 12.6. The van der Waals surface area contributed by atoms with Crippen molar-refractivity contribution in [3.8, 4) is 0 Å². The van der Waals surface area contributed by atoms with Crippen molar-refractivity contribution >= 4 is 41.2 Å². The van der Waals surface area contributed by atoms with Crippen molar-refractivity contribution in [1.29, 1.82) is 0 Å². The molecule has 2 rings (SSSR count). The first-order valence-electron chi connectivity index (χ1n) is 8.45. The van der Waals surface area contributed by atoms with Crippen molar-refractivity contribution < 1.29 is 29.1 Å². The number of carbonyl (C=O) groups is 3. The van der Waals surface area contributed by atoms with Crippen LogP contribution >= 0.6 is 11.8 Å². The number of nitrogens with zero attached hydrogens (tertiary/aromatic N) is 3. The summed E-state index contributed by atoms with van der Waals surface area (Å²) in [4.78, 5) is 46.4. The predicted molar refractivity (Wildman–Crippen MR) is 102 cm³/mol. The molecule has 28 heavy (non-hydrogen) atoms. The molecule has 2 aliphatic heterocycles. The highest BCUT2D eigenvalue weighted by molar-refractivity contribution is 8.00. The number of hydrogen-bond donors (Lipinski definition) is 3. The fourth-order valence-electron chi connectivity index (χ4n) is 2.92. The van der Waals surface area contributed by atoms with Gasteiger partial charge in [0.05, 0.1) is 6.61 Å². The quantitative estimate of drug-likeness (QED) is 0.0938. The average molecular weight is 413 g/mol. The van der Waals surface area contributed by atoms with Crippen LogP contribution in [0.25, 0.3) is 0 Å². The molecule has 4 atom stereocenters. The number of carboxylic acids is 1. The number of carboxylic acid groups (broad SMARTS) is 1. The number of amidine groups is 1. The van der Waals surface area contributed by atoms with Crippen molar-refractivity contribution in [2.45, 2.75) is 31.3 Å². The van der Waals surface area contributed by atoms with Gasteiger partial charge in [-0.05, 0) is 19.4 Å². The van der Waals surface area contributed by atoms with Crippen LogP contribution in [-0.4, -0.2) is 76.3 Å². The molecule has 2 fully saturated rings. The molecule has 0 radical (unpaired) electrons. The van der Waals surface area contributed by atoms with E-state index in [-0.39, 0.29) is 18.2 Å². The number of thioether (sulfide) groups is 1. The Morgan fingerprint density at radius 3 is 2.75 bits per heavy atom. The molecule has 0 aromatic carbocycles. The lowest BCUT2D eigenvalue weighted by Gasteiger charge is -2.51. The number of rotatable bonds is 7. The first-order valence-corrected chi connectivity index (χ1v) is 9.50. The number of nitrogens with two attached hydrogens (primary N) is 1. The number of nitrogens with one attached hydrogen (secondary N) is 1. The summed E-state index contributed by atoms with van der Waals surface area (Å²) in [6.07, 6.45) is 0. The van der Waals surface area contributed by atoms with Crippen molar-refractivity contribution in [3.05, 3.63) is 12.2 Å². The van der Waals surface area contributed by atoms with Gasteiger partial charge in [-0.2, -0.15) is 0 Å². The average Bonchev–Trinajstić information content (AvgIpc) is 2.66. The lowest BCUT2D eigenvalue weighted by atomic mass is 9.98. The fraction of sp³-hybridized carbons (Fsp3) is 0.562. The summed E-state index contributed by atoms with van der Waals surface area (Å²) >= 11 is 1.36. The lowest BCUT2D eigenvalue weighted by Crippen LogP contribution is -2.70. The van der Waals surface area contributed by atoms with Crippen molar-refractivity contribution in [1.82, 2.24) is 10.3 Å². The third-order valence-corrected chi connectivity index (χ3v) is 5.64. The van der Waals surface area contributed by atoms with E-state index in [1.165, 1.54) is 30.7 Å². The molecule has 2 saturated heterocycles. The maximum atomic E-state index is 12.6. The molecule has 0 saturated carbocycles. The zero-order valence-electron chi connectivity index (χ0n) is 15.7. The first-order chi connectivity index (χ1) is 13.3. The summed E-state index contributed by atoms with van der Waals surface area (Å²) in [5.41, 5.74) is 2.85. The number of fused-ring (bicyclic) bond motifs is 1. The number of carbonyl (C=O) groups excluding carboxylic acids is 2. The minimum atomic E-state index is -1.14. The van der Waals surface area contributed by atoms with Gasteiger partial charge in [-0.3, -0.25) is 9.59 Å². The predicted octanol–water partition coefficient (Wildman–Crippen LogP) is -0.657. The Morgan fingerprint density at radius 1 is 1.54 bits per heavy atom. The molecule has 0 spiro atoms. The largest absolute Gasteiger partial charge is 0.479 e. The third kappa shape index (κ3) is 3.97. The van der Waals surface area contributed by atoms with Gasteiger partial charge in [-0.25, -0.2) is 15.6 Å². The van der Waals surface area contributed by atoms with Gasteiger partial charge in [0, 0.05) is 5.75 Å². The van der Waals surface area contributed by atoms with Crippen LogP contribution in [0, 0.1) is 5.92 Å². The SMILES string of the molecule is C=C1CS[C@@H]2C(N=C(NN)C(=NOC)C(C)C(=O)OCC)C(=O)N2C1C(=O)O. The minimum Gasteiger partial charge on any atom is -0.479 e. The van der Waals surface area contributed by atoms with E-state index in [4.69, 9.17) is 15.4 Å². The Labute approximate surface area is 166 Å². The second kappa shape index (κ2) is 9.06. The van der Waals surface area contributed by atoms with Crippen LogP contribution in [0.3, 0.4) is 0 Å². The van der Waals surface area contributed by atoms with E-state index in [1.54, 1.807) is 6.92 Å². The molecule has 0 bridgehead atoms. The van der Waals surface area contributed by atoms with E-state index in [1.807, 2.05) is 0 Å². The molecule has 154 valence electrons. The van der Waals surface area contributed by atoms with Gasteiger partial charge in [0.1, 0.15) is 24.1 Å². The molecular formula is C16H23N5O6S. The van der Waals surface area contributed by atoms with E-state index < -0.39 is 41.2 Å². The van der Waals surface area contributed by atoms with E-state index in [2.05, 4.69) is 22.2 Å². The minimum absolute atomic E-state index is 0.0164. The standard InChI is InChI=1S/C16H23N5O6S/c1-5-27-16(25)8(3)9(20-26-4)12(19-17)18-10-13(22)21-11(15(23)24)7(2)6-28-14(10)21/h8,10-11,14H,2,5-6,17H2,1,3-4H3,(H,18,19)(H,23,24)/t8?,10?,11?,14-/m1/s1. The Balaban J connectivity index is 2.29. The van der Waals surface area contributed by atoms with E-state index >= 15 is 0 Å². The van der Waals surface area contributed by atoms with Gasteiger partial charge in [-0.1, -0.05) is 11.7 Å². The molecule has 0 aromatic heterocycles. The van der Waals surface area contributed by atoms with Crippen LogP contribution in [0.1, 0.15) is 13.8 Å². The molecular weight excluding hydrogens is 390 g/mol. The molecule has 0 aromatic rings. The van der Waals surface area contributed by atoms with Crippen LogP contribution < -0.4 is 11.3 Å². The smallest absolute Gasteiger partial charge is 0.330 e. The number of aliphatic carboxylic acids is 1. The van der Waals surface area contributed by atoms with Crippen molar-refractivity contribution in [2.75, 3.05) is 19.5 Å². The number of β-lactam (4-membered cyclic amide) rings is 1. The number of hydrogen-bond acceptors (Lipinski definition) is 9. The highest BCUT2D eigenvalue weighted by atomic mass is 32.2. The second-order valence-corrected chi connectivity index (χ2v) is 7.15. The maximum Gasteiger partial charge on any atom is 0.330 e. The van der Waals surface area contributed by atoms with E-state index in [9.17, 15) is 19.5 Å². The molecule has 4 N–H and O–H groups in total. The summed E-state index contributed by atoms with van der Waals surface area (Å²) in [5, 5.41) is 12.7. The molecule has 12 heteroatoms. The topological polar surface area (TPSA) is 156 Å². The van der Waals surface area contributed by atoms with Crippen LogP contribution in [-0.2, 0) is 24.0 Å². The lowest BCUT2D eigenvalue weighted by molar-refractivity contribution is -0.157. The molecule has 3 unspecified atom stereocenters. The zero-order valence-corrected chi connectivity index (χ0v) is 16.6. The van der Waals surface area contributed by atoms with Crippen LogP contribution in [0.2, 0.25) is 0 Å². The molecule has 11 nitrogen and oxygen atoms in total. The van der Waals surface area contributed by atoms with Gasteiger partial charge < -0.3 is 25.0 Å². The van der Waals surface area contributed by atoms with Gasteiger partial charge in [0.25, 0.3) is 5.91 Å². The van der Waals surface area contributed by atoms with Crippen LogP contribution in [0.4, 0.5) is 0 Å². The Morgan fingerprint density at radius 2 is 2.21 bits per heavy atom. The number of aliphatic imine (C=N–C) groups is 1. The summed E-state index contributed by atoms with van der Waals surface area (Å²) in [5.74, 6) is 2.89. The van der Waals surface area contributed by atoms with Gasteiger partial charge in [0.15, 0.2) is 17.9 Å². The van der Waals surface area contributed by atoms with Crippen LogP contribution in [0.5, 0.6) is 0 Å². The highest BCUT2D eigenvalue weighted by Gasteiger charge is 2.56. The van der Waals surface area contributed by atoms with Gasteiger partial charge in [0.2, 0.25) is 0 Å². The Bertz CT molecular complexity index is 739. The molecule has 2 heterocycles. The van der Waals surface area contributed by atoms with E-state index in [0.717, 1.165) is 0 Å². The Kier molecular flexibility index (Phi) is 7.02. The number of esters is 1. The number of hydrazine groups is 1. The first kappa shape index (κ1) is 21.7. The van der Waals surface area contributed by atoms with Crippen molar-refractivity contribution in [3.63, 3.8) is 0 Å². The molecule has 1 amide bonds. The van der Waals surface area contributed by atoms with Crippen molar-refractivity contribution in [2.24, 2.45) is 21.9 Å². The van der Waals surface area contributed by atoms with Crippen LogP contribution in [0.15, 0.2) is 22.3 Å². The third-order valence-electron chi connectivity index (χ3n) is 4.28. The molecule has 2 aliphatic rings. The monoisotopic (exact) mass is 413 g/mol. The summed E-state index contributed by atoms with van der Waals surface area (Å²) < 4.78 is 4.98. The Hall–Kier alpha value is -2.60. The fourth-order valence-corrected chi connectivity index (χ4v) is 4.21. The second-order valence-electron chi connectivity index (χ2n) is 6.05. The number of ether oxygens (including phenoxy) is 1. The highest BCUT2D eigenvalue weighted by Crippen LogP contribution is 2.41.